The van der Waals surface area contributed by atoms with E-state index in [-0.39, 0.29) is 5.91 Å². The average Bonchev–Trinajstić information content (AvgIpc) is 3.28. The molecule has 2 aromatic heterocycles. The molecule has 1 saturated heterocycles. The Morgan fingerprint density at radius 1 is 1.18 bits per heavy atom. The molecule has 5 nitrogen and oxygen atoms in total. The molecule has 0 saturated carbocycles. The fraction of sp³-hybridized carbons (Fsp3) is 0.333. The second-order valence-electron chi connectivity index (χ2n) is 6.90. The maximum absolute atomic E-state index is 12.8. The zero-order valence-electron chi connectivity index (χ0n) is 15.7. The van der Waals surface area contributed by atoms with Crippen LogP contribution in [0.3, 0.4) is 0 Å². The third-order valence-corrected chi connectivity index (χ3v) is 6.17. The van der Waals surface area contributed by atoms with Gasteiger partial charge in [-0.05, 0) is 36.9 Å². The molecule has 0 atom stereocenters. The molecule has 28 heavy (non-hydrogen) atoms. The van der Waals surface area contributed by atoms with Gasteiger partial charge in [0.15, 0.2) is 0 Å². The van der Waals surface area contributed by atoms with Crippen LogP contribution in [0.5, 0.6) is 0 Å². The van der Waals surface area contributed by atoms with Gasteiger partial charge in [0.1, 0.15) is 5.76 Å². The number of benzene rings is 1. The Morgan fingerprint density at radius 2 is 2.04 bits per heavy atom. The SMILES string of the molecule is Cc1oc(-c2cccs2)nc1CN1CCCN(C(=O)c2ccccc2Cl)CC1. The standard InChI is InChI=1S/C21H22ClN3O2S/c1-15-18(23-20(27-15)19-8-4-13-28-19)14-24-9-5-10-25(12-11-24)21(26)16-6-2-3-7-17(16)22/h2-4,6-8,13H,5,9-12,14H2,1H3. The number of carbonyl (C=O) groups excluding carboxylic acids is 1. The summed E-state index contributed by atoms with van der Waals surface area (Å²) in [5.41, 5.74) is 1.54. The largest absolute Gasteiger partial charge is 0.440 e. The molecule has 1 amide bonds. The summed E-state index contributed by atoms with van der Waals surface area (Å²) in [6.45, 7) is 5.83. The summed E-state index contributed by atoms with van der Waals surface area (Å²) >= 11 is 7.83. The molecule has 0 spiro atoms. The first-order valence-corrected chi connectivity index (χ1v) is 10.6. The van der Waals surface area contributed by atoms with E-state index >= 15 is 0 Å². The van der Waals surface area contributed by atoms with E-state index in [9.17, 15) is 4.79 Å². The lowest BCUT2D eigenvalue weighted by Crippen LogP contribution is -2.35. The zero-order valence-corrected chi connectivity index (χ0v) is 17.3. The topological polar surface area (TPSA) is 49.6 Å². The predicted molar refractivity (Wildman–Crippen MR) is 112 cm³/mol. The molecule has 3 aromatic rings. The van der Waals surface area contributed by atoms with E-state index in [0.29, 0.717) is 23.0 Å². The van der Waals surface area contributed by atoms with E-state index in [1.807, 2.05) is 41.5 Å². The minimum Gasteiger partial charge on any atom is -0.440 e. The summed E-state index contributed by atoms with van der Waals surface area (Å²) in [5, 5.41) is 2.53. The number of aryl methyl sites for hydroxylation is 1. The Balaban J connectivity index is 1.41. The van der Waals surface area contributed by atoms with Crippen LogP contribution in [0, 0.1) is 6.92 Å². The lowest BCUT2D eigenvalue weighted by Gasteiger charge is -2.22. The van der Waals surface area contributed by atoms with Crippen LogP contribution in [0.2, 0.25) is 5.02 Å². The van der Waals surface area contributed by atoms with Crippen molar-refractivity contribution in [2.75, 3.05) is 26.2 Å². The van der Waals surface area contributed by atoms with Crippen LogP contribution in [0.1, 0.15) is 28.2 Å². The molecule has 1 aliphatic rings. The quantitative estimate of drug-likeness (QED) is 0.619. The summed E-state index contributed by atoms with van der Waals surface area (Å²) < 4.78 is 5.86. The van der Waals surface area contributed by atoms with Crippen molar-refractivity contribution in [2.45, 2.75) is 19.9 Å². The van der Waals surface area contributed by atoms with Crippen LogP contribution in [0.25, 0.3) is 10.8 Å². The van der Waals surface area contributed by atoms with Crippen molar-refractivity contribution >= 4 is 28.8 Å². The van der Waals surface area contributed by atoms with Crippen molar-refractivity contribution in [3.63, 3.8) is 0 Å². The van der Waals surface area contributed by atoms with Crippen molar-refractivity contribution in [3.8, 4) is 10.8 Å². The molecule has 3 heterocycles. The predicted octanol–water partition coefficient (Wildman–Crippen LogP) is 4.71. The van der Waals surface area contributed by atoms with Crippen molar-refractivity contribution in [1.29, 1.82) is 0 Å². The van der Waals surface area contributed by atoms with Crippen LogP contribution >= 0.6 is 22.9 Å². The lowest BCUT2D eigenvalue weighted by atomic mass is 10.2. The normalized spacial score (nSPS) is 15.6. The van der Waals surface area contributed by atoms with Gasteiger partial charge in [0.05, 0.1) is 21.2 Å². The van der Waals surface area contributed by atoms with Gasteiger partial charge in [-0.15, -0.1) is 11.3 Å². The number of oxazole rings is 1. The molecule has 146 valence electrons. The van der Waals surface area contributed by atoms with Crippen molar-refractivity contribution in [2.24, 2.45) is 0 Å². The molecule has 0 aliphatic carbocycles. The Bertz CT molecular complexity index is 954. The van der Waals surface area contributed by atoms with E-state index in [2.05, 4.69) is 4.90 Å². The summed E-state index contributed by atoms with van der Waals surface area (Å²) in [7, 11) is 0. The summed E-state index contributed by atoms with van der Waals surface area (Å²) in [4.78, 5) is 22.8. The monoisotopic (exact) mass is 415 g/mol. The van der Waals surface area contributed by atoms with Crippen molar-refractivity contribution in [1.82, 2.24) is 14.8 Å². The van der Waals surface area contributed by atoms with E-state index in [4.69, 9.17) is 21.0 Å². The number of amides is 1. The van der Waals surface area contributed by atoms with Gasteiger partial charge in [-0.3, -0.25) is 9.69 Å². The molecule has 0 radical (unpaired) electrons. The average molecular weight is 416 g/mol. The second kappa shape index (κ2) is 8.47. The lowest BCUT2D eigenvalue weighted by molar-refractivity contribution is 0.0761. The molecule has 0 bridgehead atoms. The van der Waals surface area contributed by atoms with Crippen LogP contribution in [-0.4, -0.2) is 46.9 Å². The molecule has 1 aliphatic heterocycles. The Labute approximate surface area is 173 Å². The maximum atomic E-state index is 12.8. The van der Waals surface area contributed by atoms with Gasteiger partial charge in [-0.2, -0.15) is 0 Å². The summed E-state index contributed by atoms with van der Waals surface area (Å²) in [6, 6.07) is 11.3. The van der Waals surface area contributed by atoms with E-state index in [1.54, 1.807) is 23.5 Å². The molecular formula is C21H22ClN3O2S. The smallest absolute Gasteiger partial charge is 0.255 e. The molecule has 1 fully saturated rings. The minimum absolute atomic E-state index is 0.00467. The van der Waals surface area contributed by atoms with E-state index in [1.165, 1.54) is 0 Å². The van der Waals surface area contributed by atoms with Gasteiger partial charge in [0.25, 0.3) is 5.91 Å². The number of hydrogen-bond acceptors (Lipinski definition) is 5. The minimum atomic E-state index is 0.00467. The first-order valence-electron chi connectivity index (χ1n) is 9.38. The third kappa shape index (κ3) is 4.14. The Hall–Kier alpha value is -2.15. The zero-order chi connectivity index (χ0) is 19.5. The van der Waals surface area contributed by atoms with Gasteiger partial charge >= 0.3 is 0 Å². The van der Waals surface area contributed by atoms with Crippen LogP contribution in [0.4, 0.5) is 0 Å². The highest BCUT2D eigenvalue weighted by Gasteiger charge is 2.23. The molecule has 4 rings (SSSR count). The first-order chi connectivity index (χ1) is 13.6. The number of halogens is 1. The number of aromatic nitrogens is 1. The molecular weight excluding hydrogens is 394 g/mol. The van der Waals surface area contributed by atoms with Crippen LogP contribution in [-0.2, 0) is 6.54 Å². The van der Waals surface area contributed by atoms with E-state index in [0.717, 1.165) is 48.9 Å². The van der Waals surface area contributed by atoms with Crippen molar-refractivity contribution in [3.05, 3.63) is 63.8 Å². The Kier molecular flexibility index (Phi) is 5.80. The second-order valence-corrected chi connectivity index (χ2v) is 8.26. The fourth-order valence-electron chi connectivity index (χ4n) is 3.43. The fourth-order valence-corrected chi connectivity index (χ4v) is 4.29. The van der Waals surface area contributed by atoms with Gasteiger partial charge in [-0.1, -0.05) is 29.8 Å². The Morgan fingerprint density at radius 3 is 2.82 bits per heavy atom. The van der Waals surface area contributed by atoms with Gasteiger partial charge < -0.3 is 9.32 Å². The van der Waals surface area contributed by atoms with Gasteiger partial charge in [-0.25, -0.2) is 4.98 Å². The molecule has 0 N–H and O–H groups in total. The van der Waals surface area contributed by atoms with Crippen LogP contribution in [0.15, 0.2) is 46.2 Å². The summed E-state index contributed by atoms with van der Waals surface area (Å²) in [6.07, 6.45) is 0.922. The maximum Gasteiger partial charge on any atom is 0.255 e. The highest BCUT2D eigenvalue weighted by Crippen LogP contribution is 2.26. The number of hydrogen-bond donors (Lipinski definition) is 0. The van der Waals surface area contributed by atoms with Gasteiger partial charge in [0.2, 0.25) is 5.89 Å². The number of carbonyl (C=O) groups is 1. The first kappa shape index (κ1) is 19.2. The third-order valence-electron chi connectivity index (χ3n) is 4.98. The molecule has 1 aromatic carbocycles. The van der Waals surface area contributed by atoms with Crippen molar-refractivity contribution < 1.29 is 9.21 Å². The highest BCUT2D eigenvalue weighted by atomic mass is 35.5. The number of rotatable bonds is 4. The van der Waals surface area contributed by atoms with E-state index < -0.39 is 0 Å². The highest BCUT2D eigenvalue weighted by molar-refractivity contribution is 7.13. The molecule has 7 heteroatoms. The number of thiophene rings is 1. The summed E-state index contributed by atoms with van der Waals surface area (Å²) in [5.74, 6) is 1.55. The molecule has 0 unspecified atom stereocenters. The van der Waals surface area contributed by atoms with Crippen LogP contribution < -0.4 is 0 Å². The van der Waals surface area contributed by atoms with Gasteiger partial charge in [0, 0.05) is 32.7 Å². The number of nitrogens with zero attached hydrogens (tertiary/aromatic N) is 3.